The Morgan fingerprint density at radius 1 is 1.59 bits per heavy atom. The second kappa shape index (κ2) is 7.48. The maximum absolute atomic E-state index is 12.3. The SMILES string of the molecule is Cc1ncc(Cl)c(C(=O)N[C@@H]2CCOC[C@H]2OCC(=O)O)n1. The molecule has 0 spiro atoms. The number of aliphatic carboxylic acids is 1. The largest absolute Gasteiger partial charge is 0.480 e. The number of aryl methyl sites for hydroxylation is 1. The van der Waals surface area contributed by atoms with E-state index in [4.69, 9.17) is 26.2 Å². The van der Waals surface area contributed by atoms with Crippen LogP contribution < -0.4 is 5.32 Å². The van der Waals surface area contributed by atoms with Crippen LogP contribution in [-0.4, -0.2) is 58.9 Å². The number of amides is 1. The third kappa shape index (κ3) is 4.36. The average Bonchev–Trinajstić information content (AvgIpc) is 2.48. The van der Waals surface area contributed by atoms with Crippen LogP contribution in [0.1, 0.15) is 22.7 Å². The lowest BCUT2D eigenvalue weighted by Crippen LogP contribution is -2.50. The molecule has 120 valence electrons. The van der Waals surface area contributed by atoms with Crippen molar-refractivity contribution >= 4 is 23.5 Å². The van der Waals surface area contributed by atoms with E-state index in [1.807, 2.05) is 0 Å². The predicted octanol–water partition coefficient (Wildman–Crippen LogP) is 0.427. The molecule has 8 nitrogen and oxygen atoms in total. The van der Waals surface area contributed by atoms with E-state index in [1.54, 1.807) is 6.92 Å². The van der Waals surface area contributed by atoms with E-state index in [0.717, 1.165) is 0 Å². The average molecular weight is 330 g/mol. The number of hydrogen-bond donors (Lipinski definition) is 2. The lowest BCUT2D eigenvalue weighted by atomic mass is 10.1. The molecule has 2 N–H and O–H groups in total. The van der Waals surface area contributed by atoms with Crippen LogP contribution in [0.4, 0.5) is 0 Å². The van der Waals surface area contributed by atoms with Gasteiger partial charge in [0.2, 0.25) is 0 Å². The summed E-state index contributed by atoms with van der Waals surface area (Å²) in [7, 11) is 0. The summed E-state index contributed by atoms with van der Waals surface area (Å²) >= 11 is 5.93. The van der Waals surface area contributed by atoms with E-state index in [-0.39, 0.29) is 23.4 Å². The first-order valence-corrected chi connectivity index (χ1v) is 7.06. The van der Waals surface area contributed by atoms with E-state index in [0.29, 0.717) is 18.9 Å². The van der Waals surface area contributed by atoms with Gasteiger partial charge in [0, 0.05) is 6.61 Å². The second-order valence-corrected chi connectivity index (χ2v) is 5.21. The van der Waals surface area contributed by atoms with Crippen molar-refractivity contribution < 1.29 is 24.2 Å². The normalized spacial score (nSPS) is 21.4. The van der Waals surface area contributed by atoms with E-state index in [2.05, 4.69) is 15.3 Å². The number of carboxylic acid groups (broad SMARTS) is 1. The predicted molar refractivity (Wildman–Crippen MR) is 75.8 cm³/mol. The minimum Gasteiger partial charge on any atom is -0.480 e. The molecule has 1 amide bonds. The van der Waals surface area contributed by atoms with Crippen molar-refractivity contribution in [3.8, 4) is 0 Å². The van der Waals surface area contributed by atoms with Gasteiger partial charge in [-0.1, -0.05) is 11.6 Å². The van der Waals surface area contributed by atoms with Gasteiger partial charge in [0.05, 0.1) is 23.9 Å². The smallest absolute Gasteiger partial charge is 0.329 e. The van der Waals surface area contributed by atoms with Crippen molar-refractivity contribution in [2.45, 2.75) is 25.5 Å². The molecule has 2 rings (SSSR count). The summed E-state index contributed by atoms with van der Waals surface area (Å²) in [6.45, 7) is 1.87. The maximum atomic E-state index is 12.3. The monoisotopic (exact) mass is 329 g/mol. The molecule has 1 aliphatic heterocycles. The first-order chi connectivity index (χ1) is 10.5. The van der Waals surface area contributed by atoms with Gasteiger partial charge in [0.1, 0.15) is 24.2 Å². The fourth-order valence-corrected chi connectivity index (χ4v) is 2.25. The fourth-order valence-electron chi connectivity index (χ4n) is 2.07. The number of rotatable bonds is 5. The number of carbonyl (C=O) groups excluding carboxylic acids is 1. The van der Waals surface area contributed by atoms with Gasteiger partial charge in [-0.3, -0.25) is 4.79 Å². The van der Waals surface area contributed by atoms with Crippen LogP contribution in [0.3, 0.4) is 0 Å². The third-order valence-electron chi connectivity index (χ3n) is 3.12. The molecule has 1 aromatic rings. The summed E-state index contributed by atoms with van der Waals surface area (Å²) in [6.07, 6.45) is 1.34. The highest BCUT2D eigenvalue weighted by atomic mass is 35.5. The zero-order valence-electron chi connectivity index (χ0n) is 11.9. The summed E-state index contributed by atoms with van der Waals surface area (Å²) in [5.74, 6) is -1.10. The third-order valence-corrected chi connectivity index (χ3v) is 3.40. The number of carbonyl (C=O) groups is 2. The number of aromatic nitrogens is 2. The Bertz CT molecular complexity index is 569. The van der Waals surface area contributed by atoms with Gasteiger partial charge in [0.25, 0.3) is 5.91 Å². The number of halogens is 1. The van der Waals surface area contributed by atoms with Gasteiger partial charge in [-0.15, -0.1) is 0 Å². The maximum Gasteiger partial charge on any atom is 0.329 e. The zero-order chi connectivity index (χ0) is 16.1. The van der Waals surface area contributed by atoms with Crippen LogP contribution in [0.25, 0.3) is 0 Å². The number of hydrogen-bond acceptors (Lipinski definition) is 6. The van der Waals surface area contributed by atoms with Crippen LogP contribution in [0.2, 0.25) is 5.02 Å². The summed E-state index contributed by atoms with van der Waals surface area (Å²) in [5, 5.41) is 11.6. The van der Waals surface area contributed by atoms with Gasteiger partial charge >= 0.3 is 5.97 Å². The molecular weight excluding hydrogens is 314 g/mol. The number of nitrogens with one attached hydrogen (secondary N) is 1. The minimum absolute atomic E-state index is 0.0812. The molecule has 0 aromatic carbocycles. The molecule has 0 saturated carbocycles. The molecule has 0 radical (unpaired) electrons. The standard InChI is InChI=1S/C13H16ClN3O5/c1-7-15-4-8(14)12(16-7)13(20)17-9-2-3-21-5-10(9)22-6-11(18)19/h4,9-10H,2-3,5-6H2,1H3,(H,17,20)(H,18,19)/t9-,10-/m1/s1. The highest BCUT2D eigenvalue weighted by molar-refractivity contribution is 6.33. The van der Waals surface area contributed by atoms with Crippen molar-refractivity contribution in [2.24, 2.45) is 0 Å². The van der Waals surface area contributed by atoms with Gasteiger partial charge in [0.15, 0.2) is 0 Å². The number of ether oxygens (including phenoxy) is 2. The Hall–Kier alpha value is -1.77. The van der Waals surface area contributed by atoms with Crippen LogP contribution in [0.15, 0.2) is 6.20 Å². The topological polar surface area (TPSA) is 111 Å². The van der Waals surface area contributed by atoms with Crippen LogP contribution >= 0.6 is 11.6 Å². The van der Waals surface area contributed by atoms with Crippen molar-refractivity contribution in [3.63, 3.8) is 0 Å². The van der Waals surface area contributed by atoms with Gasteiger partial charge < -0.3 is 19.9 Å². The van der Waals surface area contributed by atoms with Crippen molar-refractivity contribution in [1.82, 2.24) is 15.3 Å². The summed E-state index contributed by atoms with van der Waals surface area (Å²) in [6, 6.07) is -0.369. The van der Waals surface area contributed by atoms with Gasteiger partial charge in [-0.05, 0) is 13.3 Å². The lowest BCUT2D eigenvalue weighted by Gasteiger charge is -2.31. The quantitative estimate of drug-likeness (QED) is 0.805. The van der Waals surface area contributed by atoms with Crippen LogP contribution in [-0.2, 0) is 14.3 Å². The van der Waals surface area contributed by atoms with E-state index in [1.165, 1.54) is 6.20 Å². The molecule has 0 bridgehead atoms. The fraction of sp³-hybridized carbons (Fsp3) is 0.538. The Morgan fingerprint density at radius 3 is 3.09 bits per heavy atom. The minimum atomic E-state index is -1.08. The summed E-state index contributed by atoms with van der Waals surface area (Å²) in [4.78, 5) is 30.8. The number of carboxylic acids is 1. The Morgan fingerprint density at radius 2 is 2.36 bits per heavy atom. The van der Waals surface area contributed by atoms with Crippen molar-refractivity contribution in [3.05, 3.63) is 22.7 Å². The van der Waals surface area contributed by atoms with Crippen molar-refractivity contribution in [1.29, 1.82) is 0 Å². The highest BCUT2D eigenvalue weighted by Crippen LogP contribution is 2.15. The molecule has 0 aliphatic carbocycles. The Kier molecular flexibility index (Phi) is 5.64. The first-order valence-electron chi connectivity index (χ1n) is 6.68. The highest BCUT2D eigenvalue weighted by Gasteiger charge is 2.29. The van der Waals surface area contributed by atoms with Crippen molar-refractivity contribution in [2.75, 3.05) is 19.8 Å². The lowest BCUT2D eigenvalue weighted by molar-refractivity contribution is -0.148. The summed E-state index contributed by atoms with van der Waals surface area (Å²) in [5.41, 5.74) is 0.0812. The zero-order valence-corrected chi connectivity index (χ0v) is 12.7. The molecular formula is C13H16ClN3O5. The molecule has 0 unspecified atom stereocenters. The van der Waals surface area contributed by atoms with E-state index in [9.17, 15) is 9.59 Å². The van der Waals surface area contributed by atoms with E-state index < -0.39 is 24.6 Å². The molecule has 9 heteroatoms. The molecule has 1 saturated heterocycles. The molecule has 22 heavy (non-hydrogen) atoms. The molecule has 1 aromatic heterocycles. The number of nitrogens with zero attached hydrogens (tertiary/aromatic N) is 2. The van der Waals surface area contributed by atoms with Gasteiger partial charge in [-0.2, -0.15) is 0 Å². The molecule has 1 fully saturated rings. The molecule has 2 heterocycles. The molecule has 1 aliphatic rings. The van der Waals surface area contributed by atoms with Crippen LogP contribution in [0, 0.1) is 6.92 Å². The molecule has 2 atom stereocenters. The van der Waals surface area contributed by atoms with Crippen LogP contribution in [0.5, 0.6) is 0 Å². The second-order valence-electron chi connectivity index (χ2n) is 4.80. The Balaban J connectivity index is 2.04. The first kappa shape index (κ1) is 16.6. The van der Waals surface area contributed by atoms with E-state index >= 15 is 0 Å². The van der Waals surface area contributed by atoms with Gasteiger partial charge in [-0.25, -0.2) is 14.8 Å². The Labute approximate surface area is 131 Å². The summed E-state index contributed by atoms with van der Waals surface area (Å²) < 4.78 is 10.5.